The second-order valence-corrected chi connectivity index (χ2v) is 7.35. The van der Waals surface area contributed by atoms with Crippen molar-refractivity contribution in [1.82, 2.24) is 0 Å². The molecule has 0 aromatic carbocycles. The van der Waals surface area contributed by atoms with Gasteiger partial charge in [-0.05, 0) is 0 Å². The fraction of sp³-hybridized carbons (Fsp3) is 0.455. The van der Waals surface area contributed by atoms with E-state index in [1.807, 2.05) is 0 Å². The van der Waals surface area contributed by atoms with Crippen LogP contribution in [0.3, 0.4) is 0 Å². The van der Waals surface area contributed by atoms with E-state index in [1.165, 1.54) is 0 Å². The average molecular weight is 510 g/mol. The van der Waals surface area contributed by atoms with Crippen LogP contribution in [-0.2, 0) is 66.7 Å². The van der Waals surface area contributed by atoms with Gasteiger partial charge in [-0.2, -0.15) is 0 Å². The van der Waals surface area contributed by atoms with Crippen LogP contribution in [0.15, 0.2) is 33.4 Å². The minimum Gasteiger partial charge on any atom is -0.466 e. The summed E-state index contributed by atoms with van der Waals surface area (Å²) in [5, 5.41) is 0. The Morgan fingerprint density at radius 3 is 1.39 bits per heavy atom. The van der Waals surface area contributed by atoms with Gasteiger partial charge in [-0.15, -0.1) is 0 Å². The zero-order valence-corrected chi connectivity index (χ0v) is 20.3. The van der Waals surface area contributed by atoms with Gasteiger partial charge < -0.3 is 37.9 Å². The quantitative estimate of drug-likeness (QED) is 0.277. The smallest absolute Gasteiger partial charge is 0.348 e. The van der Waals surface area contributed by atoms with Crippen LogP contribution in [0, 0.1) is 5.92 Å². The summed E-state index contributed by atoms with van der Waals surface area (Å²) in [6, 6.07) is 0. The Morgan fingerprint density at radius 2 is 1.00 bits per heavy atom. The van der Waals surface area contributed by atoms with Gasteiger partial charge in [0.1, 0.15) is 11.1 Å². The summed E-state index contributed by atoms with van der Waals surface area (Å²) in [5.74, 6) is -10.9. The fourth-order valence-corrected chi connectivity index (χ4v) is 4.58. The lowest BCUT2D eigenvalue weighted by Gasteiger charge is -2.30. The highest BCUT2D eigenvalue weighted by molar-refractivity contribution is 6.19. The maximum Gasteiger partial charge on any atom is 0.348 e. The first-order chi connectivity index (χ1) is 17.0. The molecular formula is C22H22O14. The van der Waals surface area contributed by atoms with Crippen molar-refractivity contribution in [3.8, 4) is 0 Å². The molecule has 0 radical (unpaired) electrons. The van der Waals surface area contributed by atoms with E-state index in [9.17, 15) is 28.8 Å². The molecule has 14 heteroatoms. The van der Waals surface area contributed by atoms with Crippen molar-refractivity contribution in [2.45, 2.75) is 11.4 Å². The van der Waals surface area contributed by atoms with E-state index in [-0.39, 0.29) is 16.7 Å². The number of hydrogen-bond donors (Lipinski definition) is 0. The largest absolute Gasteiger partial charge is 0.466 e. The number of carbonyl (C=O) groups excluding carboxylic acids is 6. The number of carbonyl (C=O) groups is 6. The minimum atomic E-state index is -2.76. The summed E-state index contributed by atoms with van der Waals surface area (Å²) in [7, 11) is 6.95. The molecule has 0 unspecified atom stereocenters. The zero-order chi connectivity index (χ0) is 27.2. The van der Waals surface area contributed by atoms with E-state index < -0.39 is 69.8 Å². The van der Waals surface area contributed by atoms with E-state index in [0.29, 0.717) is 0 Å². The third-order valence-electron chi connectivity index (χ3n) is 6.02. The van der Waals surface area contributed by atoms with Crippen molar-refractivity contribution in [2.24, 2.45) is 5.92 Å². The second kappa shape index (κ2) is 9.20. The Balaban J connectivity index is 2.50. The maximum absolute atomic E-state index is 13.3. The van der Waals surface area contributed by atoms with Crippen molar-refractivity contribution in [3.05, 3.63) is 33.4 Å². The van der Waals surface area contributed by atoms with Gasteiger partial charge in [0.25, 0.3) is 0 Å². The van der Waals surface area contributed by atoms with Crippen LogP contribution in [0.4, 0.5) is 0 Å². The molecule has 2 aliphatic heterocycles. The number of hydrogen-bond acceptors (Lipinski definition) is 14. The number of ether oxygens (including phenoxy) is 8. The standard InChI is InChI=1S/C22H22O14/c1-29-15(23)9-8(10(9)16(24)30-2)11-12(17(25)31-3)21(20(28)34-6)13(18(26)32-4)14(19(27)33-5)22(11,35-7)36-21/h8H,1-7H3/t21-,22-/m0/s1. The normalized spacial score (nSPS) is 24.4. The molecule has 0 N–H and O–H groups in total. The third kappa shape index (κ3) is 3.18. The summed E-state index contributed by atoms with van der Waals surface area (Å²) in [4.78, 5) is 77.4. The van der Waals surface area contributed by atoms with Gasteiger partial charge >= 0.3 is 35.8 Å². The first-order valence-electron chi connectivity index (χ1n) is 10.0. The molecule has 14 nitrogen and oxygen atoms in total. The average Bonchev–Trinajstić information content (AvgIpc) is 3.46. The molecule has 0 saturated heterocycles. The number of esters is 6. The molecule has 0 saturated carbocycles. The number of rotatable bonds is 8. The van der Waals surface area contributed by atoms with Crippen LogP contribution >= 0.6 is 0 Å². The van der Waals surface area contributed by atoms with Crippen LogP contribution in [0.2, 0.25) is 0 Å². The van der Waals surface area contributed by atoms with E-state index >= 15 is 0 Å². The molecule has 2 heterocycles. The van der Waals surface area contributed by atoms with Gasteiger partial charge in [0.15, 0.2) is 0 Å². The van der Waals surface area contributed by atoms with E-state index in [0.717, 1.165) is 49.8 Å². The maximum atomic E-state index is 13.3. The van der Waals surface area contributed by atoms with Gasteiger partial charge in [-0.25, -0.2) is 28.8 Å². The van der Waals surface area contributed by atoms with Gasteiger partial charge in [-0.1, -0.05) is 0 Å². The minimum absolute atomic E-state index is 0.267. The molecule has 194 valence electrons. The van der Waals surface area contributed by atoms with Gasteiger partial charge in [-0.3, -0.25) is 0 Å². The summed E-state index contributed by atoms with van der Waals surface area (Å²) in [6.45, 7) is 0. The van der Waals surface area contributed by atoms with Crippen molar-refractivity contribution in [2.75, 3.05) is 49.8 Å². The lowest BCUT2D eigenvalue weighted by atomic mass is 9.73. The van der Waals surface area contributed by atoms with Crippen LogP contribution in [0.25, 0.3) is 0 Å². The molecule has 0 spiro atoms. The molecule has 0 aromatic rings. The van der Waals surface area contributed by atoms with Crippen molar-refractivity contribution in [3.63, 3.8) is 0 Å². The van der Waals surface area contributed by atoms with Crippen molar-refractivity contribution < 1.29 is 66.7 Å². The van der Waals surface area contributed by atoms with E-state index in [4.69, 9.17) is 37.9 Å². The highest BCUT2D eigenvalue weighted by Crippen LogP contribution is 2.65. The molecule has 2 bridgehead atoms. The van der Waals surface area contributed by atoms with Crippen LogP contribution in [0.1, 0.15) is 0 Å². The molecular weight excluding hydrogens is 488 g/mol. The molecule has 2 atom stereocenters. The molecule has 1 aliphatic carbocycles. The van der Waals surface area contributed by atoms with Gasteiger partial charge in [0, 0.05) is 12.7 Å². The van der Waals surface area contributed by atoms with Gasteiger partial charge in [0.2, 0.25) is 11.4 Å². The Kier molecular flexibility index (Phi) is 6.79. The number of fused-ring (bicyclic) bond motifs is 2. The number of methoxy groups -OCH3 is 7. The first kappa shape index (κ1) is 26.6. The van der Waals surface area contributed by atoms with Gasteiger partial charge in [0.05, 0.1) is 65.3 Å². The second-order valence-electron chi connectivity index (χ2n) is 7.35. The molecule has 0 aromatic heterocycles. The zero-order valence-electron chi connectivity index (χ0n) is 20.3. The summed E-state index contributed by atoms with van der Waals surface area (Å²) in [5.41, 5.74) is -5.78. The Hall–Kier alpha value is -4.04. The summed E-state index contributed by atoms with van der Waals surface area (Å²) < 4.78 is 40.2. The molecule has 0 fully saturated rings. The summed E-state index contributed by atoms with van der Waals surface area (Å²) in [6.07, 6.45) is 0. The Labute approximate surface area is 203 Å². The first-order valence-corrected chi connectivity index (χ1v) is 10.0. The Bertz CT molecular complexity index is 1160. The third-order valence-corrected chi connectivity index (χ3v) is 6.02. The molecule has 36 heavy (non-hydrogen) atoms. The molecule has 3 aliphatic rings. The van der Waals surface area contributed by atoms with Crippen LogP contribution in [0.5, 0.6) is 0 Å². The van der Waals surface area contributed by atoms with Crippen LogP contribution < -0.4 is 0 Å². The predicted octanol–water partition coefficient (Wildman–Crippen LogP) is -1.33. The Morgan fingerprint density at radius 1 is 0.583 bits per heavy atom. The topological polar surface area (TPSA) is 176 Å². The van der Waals surface area contributed by atoms with Crippen molar-refractivity contribution >= 4 is 35.8 Å². The molecule has 3 rings (SSSR count). The van der Waals surface area contributed by atoms with Crippen molar-refractivity contribution in [1.29, 1.82) is 0 Å². The SMILES string of the molecule is COC(=O)C1=C(C(=O)OC)C1C1=C(C(=O)OC)[C@]2(C(=O)OC)O[C@]1(OC)C(C(=O)OC)=C2C(=O)OC. The fourth-order valence-electron chi connectivity index (χ4n) is 4.58. The lowest BCUT2D eigenvalue weighted by Crippen LogP contribution is -2.47. The van der Waals surface area contributed by atoms with Crippen LogP contribution in [-0.4, -0.2) is 97.0 Å². The molecule has 0 amide bonds. The van der Waals surface area contributed by atoms with E-state index in [2.05, 4.69) is 0 Å². The van der Waals surface area contributed by atoms with E-state index in [1.54, 1.807) is 0 Å². The monoisotopic (exact) mass is 510 g/mol. The predicted molar refractivity (Wildman–Crippen MR) is 110 cm³/mol. The summed E-state index contributed by atoms with van der Waals surface area (Å²) >= 11 is 0. The highest BCUT2D eigenvalue weighted by Gasteiger charge is 2.78. The lowest BCUT2D eigenvalue weighted by molar-refractivity contribution is -0.202. The highest BCUT2D eigenvalue weighted by atomic mass is 16.7.